The zero-order chi connectivity index (χ0) is 15.8. The van der Waals surface area contributed by atoms with Crippen LogP contribution >= 0.6 is 0 Å². The summed E-state index contributed by atoms with van der Waals surface area (Å²) in [7, 11) is 0.166. The Labute approximate surface area is 127 Å². The normalized spacial score (nSPS) is 22.4. The van der Waals surface area contributed by atoms with E-state index in [9.17, 15) is 8.42 Å². The van der Waals surface area contributed by atoms with Crippen LogP contribution in [0.25, 0.3) is 0 Å². The van der Waals surface area contributed by atoms with Crippen molar-refractivity contribution in [2.75, 3.05) is 13.6 Å². The van der Waals surface area contributed by atoms with Crippen LogP contribution in [0.3, 0.4) is 0 Å². The number of aryl methyl sites for hydroxylation is 2. The molecule has 1 saturated heterocycles. The summed E-state index contributed by atoms with van der Waals surface area (Å²) >= 11 is 0. The number of likely N-dealkylation sites (N-methyl/N-ethyl adjacent to an activating group) is 1. The standard InChI is InChI=1S/C14H26N4O2S/c1-10(15-4)13-8-6-7-9-18(13)21(19,20)14-11(2)16-17(5)12(14)3/h10,13,15H,6-9H2,1-5H3. The Kier molecular flexibility index (Phi) is 4.75. The summed E-state index contributed by atoms with van der Waals surface area (Å²) in [6.45, 7) is 6.21. The van der Waals surface area contributed by atoms with Gasteiger partial charge in [-0.3, -0.25) is 4.68 Å². The Morgan fingerprint density at radius 2 is 2.00 bits per heavy atom. The molecule has 21 heavy (non-hydrogen) atoms. The molecule has 2 heterocycles. The third kappa shape index (κ3) is 2.86. The summed E-state index contributed by atoms with van der Waals surface area (Å²) in [5.74, 6) is 0. The van der Waals surface area contributed by atoms with Crippen LogP contribution in [0.4, 0.5) is 0 Å². The molecule has 0 radical (unpaired) electrons. The molecular formula is C14H26N4O2S. The largest absolute Gasteiger partial charge is 0.316 e. The SMILES string of the molecule is CNC(C)C1CCCCN1S(=O)(=O)c1c(C)nn(C)c1C. The van der Waals surface area contributed by atoms with Gasteiger partial charge in [0.05, 0.1) is 11.4 Å². The number of nitrogens with one attached hydrogen (secondary N) is 1. The van der Waals surface area contributed by atoms with Gasteiger partial charge in [0.1, 0.15) is 4.90 Å². The van der Waals surface area contributed by atoms with Gasteiger partial charge in [-0.05, 0) is 40.7 Å². The fraction of sp³-hybridized carbons (Fsp3) is 0.786. The molecule has 2 atom stereocenters. The van der Waals surface area contributed by atoms with Crippen molar-refractivity contribution in [3.05, 3.63) is 11.4 Å². The van der Waals surface area contributed by atoms with Crippen LogP contribution in [0, 0.1) is 13.8 Å². The summed E-state index contributed by atoms with van der Waals surface area (Å²) in [6.07, 6.45) is 2.90. The smallest absolute Gasteiger partial charge is 0.247 e. The minimum absolute atomic E-state index is 0.00718. The van der Waals surface area contributed by atoms with Crippen molar-refractivity contribution in [3.8, 4) is 0 Å². The van der Waals surface area contributed by atoms with E-state index in [1.807, 2.05) is 20.9 Å². The van der Waals surface area contributed by atoms with Crippen molar-refractivity contribution in [3.63, 3.8) is 0 Å². The second kappa shape index (κ2) is 6.06. The van der Waals surface area contributed by atoms with E-state index in [-0.39, 0.29) is 12.1 Å². The topological polar surface area (TPSA) is 67.2 Å². The van der Waals surface area contributed by atoms with Gasteiger partial charge < -0.3 is 5.32 Å². The Hall–Kier alpha value is -0.920. The van der Waals surface area contributed by atoms with Gasteiger partial charge in [-0.2, -0.15) is 9.40 Å². The molecule has 0 aliphatic carbocycles. The maximum Gasteiger partial charge on any atom is 0.247 e. The number of hydrogen-bond donors (Lipinski definition) is 1. The second-order valence-electron chi connectivity index (χ2n) is 5.88. The van der Waals surface area contributed by atoms with E-state index in [1.165, 1.54) is 0 Å². The molecule has 0 bridgehead atoms. The third-order valence-corrected chi connectivity index (χ3v) is 6.72. The van der Waals surface area contributed by atoms with Crippen molar-refractivity contribution in [2.45, 2.75) is 57.0 Å². The van der Waals surface area contributed by atoms with Crippen molar-refractivity contribution in [1.29, 1.82) is 0 Å². The van der Waals surface area contributed by atoms with Crippen molar-refractivity contribution < 1.29 is 8.42 Å². The predicted molar refractivity (Wildman–Crippen MR) is 82.7 cm³/mol. The first-order valence-electron chi connectivity index (χ1n) is 7.50. The molecule has 0 saturated carbocycles. The average molecular weight is 314 g/mol. The van der Waals surface area contributed by atoms with E-state index in [2.05, 4.69) is 10.4 Å². The monoisotopic (exact) mass is 314 g/mol. The maximum absolute atomic E-state index is 13.1. The highest BCUT2D eigenvalue weighted by Gasteiger charge is 2.38. The molecule has 0 spiro atoms. The molecule has 0 aromatic carbocycles. The van der Waals surface area contributed by atoms with Gasteiger partial charge in [0.15, 0.2) is 0 Å². The summed E-state index contributed by atoms with van der Waals surface area (Å²) < 4.78 is 29.6. The second-order valence-corrected chi connectivity index (χ2v) is 7.71. The zero-order valence-electron chi connectivity index (χ0n) is 13.5. The van der Waals surface area contributed by atoms with Gasteiger partial charge in [0.25, 0.3) is 0 Å². The van der Waals surface area contributed by atoms with Gasteiger partial charge in [0, 0.05) is 25.7 Å². The molecule has 6 nitrogen and oxygen atoms in total. The fourth-order valence-electron chi connectivity index (χ4n) is 3.17. The van der Waals surface area contributed by atoms with Crippen LogP contribution in [0.2, 0.25) is 0 Å². The first-order valence-corrected chi connectivity index (χ1v) is 8.94. The van der Waals surface area contributed by atoms with Crippen molar-refractivity contribution in [2.24, 2.45) is 7.05 Å². The zero-order valence-corrected chi connectivity index (χ0v) is 14.4. The molecule has 0 amide bonds. The van der Waals surface area contributed by atoms with Crippen LogP contribution in [0.15, 0.2) is 4.90 Å². The number of piperidine rings is 1. The van der Waals surface area contributed by atoms with E-state index in [4.69, 9.17) is 0 Å². The Balaban J connectivity index is 2.46. The highest BCUT2D eigenvalue weighted by atomic mass is 32.2. The molecule has 1 fully saturated rings. The van der Waals surface area contributed by atoms with Crippen LogP contribution in [-0.4, -0.2) is 48.2 Å². The number of hydrogen-bond acceptors (Lipinski definition) is 4. The van der Waals surface area contributed by atoms with E-state index in [0.717, 1.165) is 19.3 Å². The van der Waals surface area contributed by atoms with Gasteiger partial charge >= 0.3 is 0 Å². The summed E-state index contributed by atoms with van der Waals surface area (Å²) in [5.41, 5.74) is 1.28. The van der Waals surface area contributed by atoms with Crippen LogP contribution < -0.4 is 5.32 Å². The maximum atomic E-state index is 13.1. The molecule has 2 unspecified atom stereocenters. The molecular weight excluding hydrogens is 288 g/mol. The van der Waals surface area contributed by atoms with Crippen molar-refractivity contribution >= 4 is 10.0 Å². The molecule has 120 valence electrons. The highest BCUT2D eigenvalue weighted by molar-refractivity contribution is 7.89. The Morgan fingerprint density at radius 3 is 2.52 bits per heavy atom. The first-order chi connectivity index (χ1) is 9.80. The molecule has 1 aliphatic rings. The quantitative estimate of drug-likeness (QED) is 0.906. The molecule has 1 aromatic rings. The Bertz CT molecular complexity index is 609. The van der Waals surface area contributed by atoms with Gasteiger partial charge in [0.2, 0.25) is 10.0 Å². The van der Waals surface area contributed by atoms with Gasteiger partial charge in [-0.1, -0.05) is 6.42 Å². The lowest BCUT2D eigenvalue weighted by Gasteiger charge is -2.38. The van der Waals surface area contributed by atoms with Gasteiger partial charge in [-0.15, -0.1) is 0 Å². The minimum Gasteiger partial charge on any atom is -0.316 e. The minimum atomic E-state index is -3.50. The lowest BCUT2D eigenvalue weighted by Crippen LogP contribution is -2.52. The molecule has 1 aromatic heterocycles. The fourth-order valence-corrected chi connectivity index (χ4v) is 5.33. The summed E-state index contributed by atoms with van der Waals surface area (Å²) in [4.78, 5) is 0.375. The molecule has 2 rings (SSSR count). The highest BCUT2D eigenvalue weighted by Crippen LogP contribution is 2.30. The lowest BCUT2D eigenvalue weighted by molar-refractivity contribution is 0.213. The third-order valence-electron chi connectivity index (χ3n) is 4.54. The van der Waals surface area contributed by atoms with E-state index in [0.29, 0.717) is 22.8 Å². The number of sulfonamides is 1. The number of aromatic nitrogens is 2. The molecule has 1 aliphatic heterocycles. The Morgan fingerprint density at radius 1 is 1.33 bits per heavy atom. The van der Waals surface area contributed by atoms with E-state index in [1.54, 1.807) is 23.0 Å². The average Bonchev–Trinajstić information content (AvgIpc) is 2.71. The van der Waals surface area contributed by atoms with Crippen LogP contribution in [0.1, 0.15) is 37.6 Å². The van der Waals surface area contributed by atoms with E-state index >= 15 is 0 Å². The van der Waals surface area contributed by atoms with Crippen LogP contribution in [0.5, 0.6) is 0 Å². The molecule has 1 N–H and O–H groups in total. The van der Waals surface area contributed by atoms with Crippen molar-refractivity contribution in [1.82, 2.24) is 19.4 Å². The van der Waals surface area contributed by atoms with Gasteiger partial charge in [-0.25, -0.2) is 8.42 Å². The number of nitrogens with zero attached hydrogens (tertiary/aromatic N) is 3. The lowest BCUT2D eigenvalue weighted by atomic mass is 9.99. The van der Waals surface area contributed by atoms with Crippen LogP contribution in [-0.2, 0) is 17.1 Å². The first kappa shape index (κ1) is 16.5. The summed E-state index contributed by atoms with van der Waals surface area (Å²) in [5, 5.41) is 7.45. The van der Waals surface area contributed by atoms with E-state index < -0.39 is 10.0 Å². The summed E-state index contributed by atoms with van der Waals surface area (Å²) in [6, 6.07) is 0.144. The number of rotatable bonds is 4. The molecule has 7 heteroatoms. The predicted octanol–water partition coefficient (Wildman–Crippen LogP) is 1.19.